The maximum absolute atomic E-state index is 12.4. The van der Waals surface area contributed by atoms with Crippen LogP contribution in [0.15, 0.2) is 54.6 Å². The molecule has 1 amide bonds. The van der Waals surface area contributed by atoms with Crippen molar-refractivity contribution in [2.75, 3.05) is 19.0 Å². The number of amides is 1. The monoisotopic (exact) mass is 402 g/mol. The van der Waals surface area contributed by atoms with Crippen LogP contribution in [0.4, 0.5) is 5.69 Å². The number of nitriles is 1. The molecule has 2 rings (SSSR count). The van der Waals surface area contributed by atoms with Gasteiger partial charge in [0.15, 0.2) is 0 Å². The fraction of sp³-hybridized carbons (Fsp3) is 0.100. The summed E-state index contributed by atoms with van der Waals surface area (Å²) in [5.41, 5.74) is 0.803. The lowest BCUT2D eigenvalue weighted by Crippen LogP contribution is -2.13. The molecule has 7 heteroatoms. The number of halogens is 2. The summed E-state index contributed by atoms with van der Waals surface area (Å²) in [6.45, 7) is 3.79. The van der Waals surface area contributed by atoms with E-state index in [-0.39, 0.29) is 17.2 Å². The van der Waals surface area contributed by atoms with Gasteiger partial charge in [-0.3, -0.25) is 4.79 Å². The molecular weight excluding hydrogens is 387 g/mol. The maximum Gasteiger partial charge on any atom is 0.266 e. The topological polar surface area (TPSA) is 71.3 Å². The first-order valence-electron chi connectivity index (χ1n) is 7.78. The fourth-order valence-corrected chi connectivity index (χ4v) is 2.72. The van der Waals surface area contributed by atoms with Gasteiger partial charge in [-0.25, -0.2) is 0 Å². The molecule has 0 aromatic heterocycles. The number of anilines is 1. The molecule has 0 unspecified atom stereocenters. The number of nitrogens with zero attached hydrogens (tertiary/aromatic N) is 1. The Hall–Kier alpha value is -2.94. The normalized spacial score (nSPS) is 10.7. The molecule has 0 aliphatic heterocycles. The van der Waals surface area contributed by atoms with Crippen LogP contribution in [-0.4, -0.2) is 19.6 Å². The Bertz CT molecular complexity index is 916. The zero-order valence-electron chi connectivity index (χ0n) is 14.5. The third-order valence-corrected chi connectivity index (χ3v) is 3.89. The molecule has 0 radical (unpaired) electrons. The first-order chi connectivity index (χ1) is 13.0. The standard InChI is InChI=1S/C20H16Cl2N2O3/c1-3-8-27-19-13(10-15(21)11-18(19)22)9-14(12-23)20(25)24-16-4-6-17(26-2)7-5-16/h3-7,9-11H,1,8H2,2H3,(H,24,25)/b14-9+. The van der Waals surface area contributed by atoms with E-state index in [1.54, 1.807) is 43.5 Å². The second-order valence-corrected chi connectivity index (χ2v) is 6.10. The van der Waals surface area contributed by atoms with Gasteiger partial charge in [0.2, 0.25) is 0 Å². The molecule has 0 heterocycles. The smallest absolute Gasteiger partial charge is 0.266 e. The summed E-state index contributed by atoms with van der Waals surface area (Å²) in [5.74, 6) is 0.390. The maximum atomic E-state index is 12.4. The van der Waals surface area contributed by atoms with E-state index in [1.807, 2.05) is 6.07 Å². The predicted octanol–water partition coefficient (Wildman–Crippen LogP) is 5.11. The summed E-state index contributed by atoms with van der Waals surface area (Å²) in [7, 11) is 1.55. The minimum absolute atomic E-state index is 0.132. The number of ether oxygens (including phenoxy) is 2. The van der Waals surface area contributed by atoms with Crippen molar-refractivity contribution < 1.29 is 14.3 Å². The fourth-order valence-electron chi connectivity index (χ4n) is 2.16. The van der Waals surface area contributed by atoms with E-state index in [9.17, 15) is 10.1 Å². The van der Waals surface area contributed by atoms with Crippen molar-refractivity contribution in [1.82, 2.24) is 0 Å². The van der Waals surface area contributed by atoms with Gasteiger partial charge in [-0.1, -0.05) is 35.9 Å². The second-order valence-electron chi connectivity index (χ2n) is 5.26. The highest BCUT2D eigenvalue weighted by Crippen LogP contribution is 2.34. The molecule has 1 N–H and O–H groups in total. The number of nitrogens with one attached hydrogen (secondary N) is 1. The van der Waals surface area contributed by atoms with Crippen molar-refractivity contribution in [3.8, 4) is 17.6 Å². The largest absolute Gasteiger partial charge is 0.497 e. The molecule has 0 fully saturated rings. The second kappa shape index (κ2) is 9.67. The molecule has 138 valence electrons. The molecular formula is C20H16Cl2N2O3. The summed E-state index contributed by atoms with van der Waals surface area (Å²) < 4.78 is 10.6. The Kier molecular flexibility index (Phi) is 7.30. The number of rotatable bonds is 7. The molecule has 27 heavy (non-hydrogen) atoms. The first kappa shape index (κ1) is 20.4. The molecule has 0 aliphatic rings. The van der Waals surface area contributed by atoms with Crippen LogP contribution in [0, 0.1) is 11.3 Å². The number of carbonyl (C=O) groups is 1. The Morgan fingerprint density at radius 2 is 2.00 bits per heavy atom. The SMILES string of the molecule is C=CCOc1c(Cl)cc(Cl)cc1/C=C(\C#N)C(=O)Nc1ccc(OC)cc1. The van der Waals surface area contributed by atoms with Crippen LogP contribution in [0.2, 0.25) is 10.0 Å². The molecule has 0 saturated heterocycles. The van der Waals surface area contributed by atoms with E-state index in [0.717, 1.165) is 0 Å². The zero-order chi connectivity index (χ0) is 19.8. The Labute approximate surface area is 167 Å². The van der Waals surface area contributed by atoms with Crippen molar-refractivity contribution in [2.45, 2.75) is 0 Å². The highest BCUT2D eigenvalue weighted by Gasteiger charge is 2.14. The Morgan fingerprint density at radius 3 is 2.59 bits per heavy atom. The lowest BCUT2D eigenvalue weighted by molar-refractivity contribution is -0.112. The molecule has 0 atom stereocenters. The third kappa shape index (κ3) is 5.52. The highest BCUT2D eigenvalue weighted by molar-refractivity contribution is 6.36. The van der Waals surface area contributed by atoms with Crippen LogP contribution in [0.1, 0.15) is 5.56 Å². The van der Waals surface area contributed by atoms with Crippen molar-refractivity contribution in [1.29, 1.82) is 5.26 Å². The molecule has 0 saturated carbocycles. The van der Waals surface area contributed by atoms with E-state index in [2.05, 4.69) is 11.9 Å². The minimum atomic E-state index is -0.576. The molecule has 0 aliphatic carbocycles. The lowest BCUT2D eigenvalue weighted by Gasteiger charge is -2.11. The van der Waals surface area contributed by atoms with Gasteiger partial charge in [0, 0.05) is 16.3 Å². The van der Waals surface area contributed by atoms with Crippen LogP contribution >= 0.6 is 23.2 Å². The van der Waals surface area contributed by atoms with Crippen LogP contribution in [0.25, 0.3) is 6.08 Å². The van der Waals surface area contributed by atoms with Crippen molar-refractivity contribution in [3.05, 3.63) is 70.2 Å². The summed E-state index contributed by atoms with van der Waals surface area (Å²) in [5, 5.41) is 12.7. The van der Waals surface area contributed by atoms with Crippen LogP contribution < -0.4 is 14.8 Å². The molecule has 2 aromatic carbocycles. The molecule has 0 spiro atoms. The lowest BCUT2D eigenvalue weighted by atomic mass is 10.1. The van der Waals surface area contributed by atoms with Crippen LogP contribution in [-0.2, 0) is 4.79 Å². The first-order valence-corrected chi connectivity index (χ1v) is 8.54. The molecule has 0 bridgehead atoms. The quantitative estimate of drug-likeness (QED) is 0.396. The van der Waals surface area contributed by atoms with Gasteiger partial charge in [-0.2, -0.15) is 5.26 Å². The Morgan fingerprint density at radius 1 is 1.30 bits per heavy atom. The van der Waals surface area contributed by atoms with Gasteiger partial charge in [0.1, 0.15) is 29.7 Å². The number of benzene rings is 2. The predicted molar refractivity (Wildman–Crippen MR) is 107 cm³/mol. The third-order valence-electron chi connectivity index (χ3n) is 3.40. The van der Waals surface area contributed by atoms with Crippen LogP contribution in [0.3, 0.4) is 0 Å². The summed E-state index contributed by atoms with van der Waals surface area (Å²) in [4.78, 5) is 12.4. The minimum Gasteiger partial charge on any atom is -0.497 e. The van der Waals surface area contributed by atoms with Gasteiger partial charge >= 0.3 is 0 Å². The van der Waals surface area contributed by atoms with Gasteiger partial charge in [0.05, 0.1) is 12.1 Å². The number of hydrogen-bond donors (Lipinski definition) is 1. The average molecular weight is 403 g/mol. The molecule has 2 aromatic rings. The van der Waals surface area contributed by atoms with Crippen molar-refractivity contribution in [2.24, 2.45) is 0 Å². The molecule has 5 nitrogen and oxygen atoms in total. The van der Waals surface area contributed by atoms with E-state index < -0.39 is 5.91 Å². The van der Waals surface area contributed by atoms with E-state index >= 15 is 0 Å². The Balaban J connectivity index is 2.32. The number of methoxy groups -OCH3 is 1. The van der Waals surface area contributed by atoms with E-state index in [1.165, 1.54) is 12.1 Å². The van der Waals surface area contributed by atoms with Gasteiger partial charge in [0.25, 0.3) is 5.91 Å². The summed E-state index contributed by atoms with van der Waals surface area (Å²) in [6.07, 6.45) is 2.93. The van der Waals surface area contributed by atoms with Crippen molar-refractivity contribution in [3.63, 3.8) is 0 Å². The summed E-state index contributed by atoms with van der Waals surface area (Å²) in [6, 6.07) is 11.7. The van der Waals surface area contributed by atoms with E-state index in [4.69, 9.17) is 32.7 Å². The highest BCUT2D eigenvalue weighted by atomic mass is 35.5. The number of hydrogen-bond acceptors (Lipinski definition) is 4. The average Bonchev–Trinajstić information content (AvgIpc) is 2.65. The number of carbonyl (C=O) groups excluding carboxylic acids is 1. The van der Waals surface area contributed by atoms with Gasteiger partial charge in [-0.15, -0.1) is 0 Å². The van der Waals surface area contributed by atoms with Crippen LogP contribution in [0.5, 0.6) is 11.5 Å². The summed E-state index contributed by atoms with van der Waals surface area (Å²) >= 11 is 12.2. The van der Waals surface area contributed by atoms with E-state index in [0.29, 0.717) is 27.8 Å². The van der Waals surface area contributed by atoms with Gasteiger partial charge in [-0.05, 0) is 42.5 Å². The van der Waals surface area contributed by atoms with Crippen molar-refractivity contribution >= 4 is 40.9 Å². The zero-order valence-corrected chi connectivity index (χ0v) is 16.0. The van der Waals surface area contributed by atoms with Gasteiger partial charge < -0.3 is 14.8 Å².